The molecule has 0 saturated heterocycles. The van der Waals surface area contributed by atoms with Gasteiger partial charge in [0.25, 0.3) is 5.91 Å². The molecule has 0 bridgehead atoms. The van der Waals surface area contributed by atoms with E-state index in [4.69, 9.17) is 4.74 Å². The summed E-state index contributed by atoms with van der Waals surface area (Å²) in [6, 6.07) is 17.0. The number of rotatable bonds is 5. The first-order chi connectivity index (χ1) is 12.6. The highest BCUT2D eigenvalue weighted by Crippen LogP contribution is 2.21. The number of aryl methyl sites for hydroxylation is 2. The molecule has 0 unspecified atom stereocenters. The monoisotopic (exact) mass is 347 g/mol. The minimum atomic E-state index is -0.224. The van der Waals surface area contributed by atoms with Crippen molar-refractivity contribution in [2.45, 2.75) is 13.8 Å². The number of nitrogens with one attached hydrogen (secondary N) is 2. The molecule has 0 spiro atoms. The molecule has 0 saturated carbocycles. The Kier molecular flexibility index (Phi) is 5.17. The third-order valence-corrected chi connectivity index (χ3v) is 4.09. The standard InChI is InChI=1S/C21H21N3O2/c1-14-5-4-6-15(2)20(14)24-21(25)19-12-9-17(13-22-19)23-16-7-10-18(26-3)11-8-16/h4-13,23H,1-3H3,(H,24,25). The molecule has 0 fully saturated rings. The number of pyridine rings is 1. The lowest BCUT2D eigenvalue weighted by Crippen LogP contribution is -2.15. The van der Waals surface area contributed by atoms with Gasteiger partial charge < -0.3 is 15.4 Å². The van der Waals surface area contributed by atoms with E-state index in [2.05, 4.69) is 15.6 Å². The molecule has 2 N–H and O–H groups in total. The maximum absolute atomic E-state index is 12.5. The van der Waals surface area contributed by atoms with Crippen molar-refractivity contribution in [1.82, 2.24) is 4.98 Å². The lowest BCUT2D eigenvalue weighted by atomic mass is 10.1. The minimum Gasteiger partial charge on any atom is -0.497 e. The normalized spacial score (nSPS) is 10.3. The number of ether oxygens (including phenoxy) is 1. The van der Waals surface area contributed by atoms with Crippen molar-refractivity contribution in [3.8, 4) is 5.75 Å². The van der Waals surface area contributed by atoms with Crippen LogP contribution in [0.25, 0.3) is 0 Å². The van der Waals surface area contributed by atoms with E-state index in [-0.39, 0.29) is 5.91 Å². The quantitative estimate of drug-likeness (QED) is 0.702. The molecule has 1 heterocycles. The lowest BCUT2D eigenvalue weighted by Gasteiger charge is -2.11. The Hall–Kier alpha value is -3.34. The molecular formula is C21H21N3O2. The van der Waals surface area contributed by atoms with Crippen molar-refractivity contribution >= 4 is 23.0 Å². The molecule has 26 heavy (non-hydrogen) atoms. The summed E-state index contributed by atoms with van der Waals surface area (Å²) >= 11 is 0. The van der Waals surface area contributed by atoms with Crippen molar-refractivity contribution in [3.05, 3.63) is 77.6 Å². The van der Waals surface area contributed by atoms with Gasteiger partial charge in [-0.25, -0.2) is 4.98 Å². The number of carbonyl (C=O) groups is 1. The number of amides is 1. The van der Waals surface area contributed by atoms with E-state index in [0.717, 1.165) is 33.9 Å². The van der Waals surface area contributed by atoms with Gasteiger partial charge in [-0.3, -0.25) is 4.79 Å². The first-order valence-corrected chi connectivity index (χ1v) is 8.31. The van der Waals surface area contributed by atoms with E-state index in [0.29, 0.717) is 5.69 Å². The van der Waals surface area contributed by atoms with Crippen molar-refractivity contribution in [2.75, 3.05) is 17.7 Å². The molecular weight excluding hydrogens is 326 g/mol. The summed E-state index contributed by atoms with van der Waals surface area (Å²) < 4.78 is 5.14. The van der Waals surface area contributed by atoms with Crippen molar-refractivity contribution in [1.29, 1.82) is 0 Å². The molecule has 3 rings (SSSR count). The fourth-order valence-electron chi connectivity index (χ4n) is 2.63. The fourth-order valence-corrected chi connectivity index (χ4v) is 2.63. The summed E-state index contributed by atoms with van der Waals surface area (Å²) in [7, 11) is 1.63. The van der Waals surface area contributed by atoms with Crippen LogP contribution in [0.4, 0.5) is 17.1 Å². The molecule has 1 aromatic heterocycles. The van der Waals surface area contributed by atoms with Gasteiger partial charge in [0.2, 0.25) is 0 Å². The minimum absolute atomic E-state index is 0.224. The average molecular weight is 347 g/mol. The summed E-state index contributed by atoms with van der Waals surface area (Å²) in [5.41, 5.74) is 4.97. The number of hydrogen-bond acceptors (Lipinski definition) is 4. The van der Waals surface area contributed by atoms with Crippen LogP contribution in [-0.4, -0.2) is 18.0 Å². The Morgan fingerprint density at radius 1 is 0.923 bits per heavy atom. The van der Waals surface area contributed by atoms with Crippen LogP contribution in [0, 0.1) is 13.8 Å². The summed E-state index contributed by atoms with van der Waals surface area (Å²) in [6.45, 7) is 3.94. The Labute approximate surface area is 153 Å². The van der Waals surface area contributed by atoms with E-state index >= 15 is 0 Å². The van der Waals surface area contributed by atoms with Crippen LogP contribution in [0.1, 0.15) is 21.6 Å². The highest BCUT2D eigenvalue weighted by atomic mass is 16.5. The first kappa shape index (κ1) is 17.5. The molecule has 0 aliphatic rings. The van der Waals surface area contributed by atoms with Gasteiger partial charge in [0.1, 0.15) is 11.4 Å². The Morgan fingerprint density at radius 3 is 2.15 bits per heavy atom. The third-order valence-electron chi connectivity index (χ3n) is 4.09. The maximum atomic E-state index is 12.5. The number of para-hydroxylation sites is 1. The second-order valence-corrected chi connectivity index (χ2v) is 6.01. The number of anilines is 3. The molecule has 5 nitrogen and oxygen atoms in total. The zero-order valence-corrected chi connectivity index (χ0v) is 15.0. The van der Waals surface area contributed by atoms with E-state index in [1.165, 1.54) is 0 Å². The molecule has 2 aromatic carbocycles. The van der Waals surface area contributed by atoms with E-state index < -0.39 is 0 Å². The van der Waals surface area contributed by atoms with Gasteiger partial charge >= 0.3 is 0 Å². The highest BCUT2D eigenvalue weighted by molar-refractivity contribution is 6.03. The topological polar surface area (TPSA) is 63.2 Å². The van der Waals surface area contributed by atoms with Crippen molar-refractivity contribution in [3.63, 3.8) is 0 Å². The molecule has 0 radical (unpaired) electrons. The van der Waals surface area contributed by atoms with E-state index in [9.17, 15) is 4.79 Å². The summed E-state index contributed by atoms with van der Waals surface area (Å²) in [5, 5.41) is 6.18. The summed E-state index contributed by atoms with van der Waals surface area (Å²) in [5.74, 6) is 0.575. The summed E-state index contributed by atoms with van der Waals surface area (Å²) in [6.07, 6.45) is 1.64. The van der Waals surface area contributed by atoms with Crippen LogP contribution in [0.3, 0.4) is 0 Å². The van der Waals surface area contributed by atoms with Crippen LogP contribution >= 0.6 is 0 Å². The van der Waals surface area contributed by atoms with Crippen molar-refractivity contribution in [2.24, 2.45) is 0 Å². The Balaban J connectivity index is 1.69. The van der Waals surface area contributed by atoms with Crippen molar-refractivity contribution < 1.29 is 9.53 Å². The van der Waals surface area contributed by atoms with Crippen LogP contribution in [0.15, 0.2) is 60.8 Å². The van der Waals surface area contributed by atoms with E-state index in [1.54, 1.807) is 19.4 Å². The Morgan fingerprint density at radius 2 is 1.58 bits per heavy atom. The molecule has 0 atom stereocenters. The fraction of sp³-hybridized carbons (Fsp3) is 0.143. The second kappa shape index (κ2) is 7.70. The average Bonchev–Trinajstić information content (AvgIpc) is 2.66. The Bertz CT molecular complexity index is 883. The van der Waals surface area contributed by atoms with Gasteiger partial charge in [-0.1, -0.05) is 18.2 Å². The summed E-state index contributed by atoms with van der Waals surface area (Å²) in [4.78, 5) is 16.7. The van der Waals surface area contributed by atoms with Crippen LogP contribution < -0.4 is 15.4 Å². The van der Waals surface area contributed by atoms with Crippen LogP contribution in [0.2, 0.25) is 0 Å². The van der Waals surface area contributed by atoms with Gasteiger partial charge in [0, 0.05) is 11.4 Å². The van der Waals surface area contributed by atoms with Crippen LogP contribution in [0.5, 0.6) is 5.75 Å². The first-order valence-electron chi connectivity index (χ1n) is 8.31. The number of aromatic nitrogens is 1. The number of methoxy groups -OCH3 is 1. The molecule has 1 amide bonds. The van der Waals surface area contributed by atoms with Gasteiger partial charge in [0.05, 0.1) is 19.0 Å². The largest absolute Gasteiger partial charge is 0.497 e. The van der Waals surface area contributed by atoms with Gasteiger partial charge in [-0.05, 0) is 61.4 Å². The third kappa shape index (κ3) is 4.00. The van der Waals surface area contributed by atoms with Gasteiger partial charge in [-0.2, -0.15) is 0 Å². The zero-order chi connectivity index (χ0) is 18.5. The van der Waals surface area contributed by atoms with Gasteiger partial charge in [0.15, 0.2) is 0 Å². The SMILES string of the molecule is COc1ccc(Nc2ccc(C(=O)Nc3c(C)cccc3C)nc2)cc1. The second-order valence-electron chi connectivity index (χ2n) is 6.01. The highest BCUT2D eigenvalue weighted by Gasteiger charge is 2.11. The number of carbonyl (C=O) groups excluding carboxylic acids is 1. The molecule has 0 aliphatic carbocycles. The number of benzene rings is 2. The predicted molar refractivity (Wildman–Crippen MR) is 104 cm³/mol. The predicted octanol–water partition coefficient (Wildman–Crippen LogP) is 4.70. The lowest BCUT2D eigenvalue weighted by molar-refractivity contribution is 0.102. The maximum Gasteiger partial charge on any atom is 0.274 e. The smallest absolute Gasteiger partial charge is 0.274 e. The molecule has 3 aromatic rings. The van der Waals surface area contributed by atoms with Crippen LogP contribution in [-0.2, 0) is 0 Å². The number of hydrogen-bond donors (Lipinski definition) is 2. The molecule has 132 valence electrons. The van der Waals surface area contributed by atoms with E-state index in [1.807, 2.05) is 62.4 Å². The molecule has 5 heteroatoms. The van der Waals surface area contributed by atoms with Gasteiger partial charge in [-0.15, -0.1) is 0 Å². The molecule has 0 aliphatic heterocycles. The zero-order valence-electron chi connectivity index (χ0n) is 15.0. The number of nitrogens with zero attached hydrogens (tertiary/aromatic N) is 1.